The molecule has 2 aromatic heterocycles. The third-order valence-corrected chi connectivity index (χ3v) is 4.78. The Kier molecular flexibility index (Phi) is 4.93. The number of aryl methyl sites for hydroxylation is 3. The molecule has 0 aliphatic carbocycles. The van der Waals surface area contributed by atoms with E-state index in [1.165, 1.54) is 16.3 Å². The Morgan fingerprint density at radius 1 is 1.11 bits per heavy atom. The lowest BCUT2D eigenvalue weighted by atomic mass is 10.0. The lowest BCUT2D eigenvalue weighted by Crippen LogP contribution is -2.15. The molecule has 0 aliphatic rings. The smallest absolute Gasteiger partial charge is 0.226 e. The van der Waals surface area contributed by atoms with Crippen molar-refractivity contribution in [3.8, 4) is 0 Å². The van der Waals surface area contributed by atoms with Gasteiger partial charge in [0, 0.05) is 24.9 Å². The van der Waals surface area contributed by atoms with Crippen LogP contribution in [-0.2, 0) is 17.9 Å². The van der Waals surface area contributed by atoms with E-state index in [4.69, 9.17) is 0 Å². The molecular weight excluding hydrogens is 350 g/mol. The molecule has 0 saturated carbocycles. The van der Waals surface area contributed by atoms with Gasteiger partial charge in [0.25, 0.3) is 0 Å². The molecule has 0 fully saturated rings. The number of carbonyl (C=O) groups excluding carboxylic acids is 1. The number of fused-ring (bicyclic) bond motifs is 1. The Balaban J connectivity index is 1.39. The van der Waals surface area contributed by atoms with Gasteiger partial charge in [-0.3, -0.25) is 14.2 Å². The summed E-state index contributed by atoms with van der Waals surface area (Å²) in [5.41, 5.74) is 3.93. The maximum Gasteiger partial charge on any atom is 0.226 e. The van der Waals surface area contributed by atoms with Crippen LogP contribution in [0.25, 0.3) is 10.8 Å². The first-order valence-electron chi connectivity index (χ1n) is 9.38. The van der Waals surface area contributed by atoms with Crippen LogP contribution in [0.15, 0.2) is 60.9 Å². The summed E-state index contributed by atoms with van der Waals surface area (Å²) in [6.07, 6.45) is 3.92. The molecule has 0 saturated heterocycles. The fourth-order valence-electron chi connectivity index (χ4n) is 3.45. The summed E-state index contributed by atoms with van der Waals surface area (Å²) < 4.78 is 3.71. The highest BCUT2D eigenvalue weighted by atomic mass is 16.1. The molecule has 2 aromatic carbocycles. The number of carbonyl (C=O) groups is 1. The van der Waals surface area contributed by atoms with Crippen molar-refractivity contribution < 1.29 is 4.79 Å². The minimum atomic E-state index is -0.0442. The first-order valence-corrected chi connectivity index (χ1v) is 9.38. The Bertz CT molecular complexity index is 1120. The molecule has 6 nitrogen and oxygen atoms in total. The zero-order valence-electron chi connectivity index (χ0n) is 16.1. The van der Waals surface area contributed by atoms with E-state index in [1.807, 2.05) is 47.6 Å². The minimum absolute atomic E-state index is 0.0442. The SMILES string of the molecule is Cc1cc(C)n(CCC(=O)Nc2cnn(Cc3cccc4ccccc34)c2)n1. The van der Waals surface area contributed by atoms with Crippen molar-refractivity contribution >= 4 is 22.4 Å². The summed E-state index contributed by atoms with van der Waals surface area (Å²) in [5.74, 6) is -0.0442. The van der Waals surface area contributed by atoms with E-state index in [-0.39, 0.29) is 5.91 Å². The van der Waals surface area contributed by atoms with Crippen molar-refractivity contribution in [3.05, 3.63) is 77.9 Å². The van der Waals surface area contributed by atoms with Crippen LogP contribution in [0.1, 0.15) is 23.4 Å². The molecule has 142 valence electrons. The summed E-state index contributed by atoms with van der Waals surface area (Å²) in [6.45, 7) is 5.17. The summed E-state index contributed by atoms with van der Waals surface area (Å²) in [5, 5.41) is 14.1. The molecule has 0 bridgehead atoms. The van der Waals surface area contributed by atoms with E-state index in [0.717, 1.165) is 11.4 Å². The van der Waals surface area contributed by atoms with Crippen molar-refractivity contribution in [2.45, 2.75) is 33.4 Å². The number of aromatic nitrogens is 4. The van der Waals surface area contributed by atoms with Crippen molar-refractivity contribution in [1.82, 2.24) is 19.6 Å². The normalized spacial score (nSPS) is 11.1. The minimum Gasteiger partial charge on any atom is -0.323 e. The number of anilines is 1. The molecule has 4 aromatic rings. The lowest BCUT2D eigenvalue weighted by molar-refractivity contribution is -0.116. The summed E-state index contributed by atoms with van der Waals surface area (Å²) >= 11 is 0. The van der Waals surface area contributed by atoms with Crippen LogP contribution in [0.5, 0.6) is 0 Å². The Morgan fingerprint density at radius 3 is 2.75 bits per heavy atom. The maximum atomic E-state index is 12.3. The van der Waals surface area contributed by atoms with Crippen LogP contribution >= 0.6 is 0 Å². The third-order valence-electron chi connectivity index (χ3n) is 4.78. The van der Waals surface area contributed by atoms with Crippen LogP contribution in [0.2, 0.25) is 0 Å². The first kappa shape index (κ1) is 18.0. The van der Waals surface area contributed by atoms with E-state index in [0.29, 0.717) is 25.2 Å². The highest BCUT2D eigenvalue weighted by Crippen LogP contribution is 2.19. The average Bonchev–Trinajstić information content (AvgIpc) is 3.25. The summed E-state index contributed by atoms with van der Waals surface area (Å²) in [4.78, 5) is 12.3. The highest BCUT2D eigenvalue weighted by molar-refractivity contribution is 5.90. The van der Waals surface area contributed by atoms with Gasteiger partial charge in [-0.15, -0.1) is 0 Å². The summed E-state index contributed by atoms with van der Waals surface area (Å²) in [7, 11) is 0. The van der Waals surface area contributed by atoms with Gasteiger partial charge in [0.2, 0.25) is 5.91 Å². The zero-order chi connectivity index (χ0) is 19.5. The molecule has 4 rings (SSSR count). The zero-order valence-corrected chi connectivity index (χ0v) is 16.1. The van der Waals surface area contributed by atoms with E-state index in [2.05, 4.69) is 45.8 Å². The molecule has 0 spiro atoms. The second kappa shape index (κ2) is 7.68. The third kappa shape index (κ3) is 3.96. The molecular formula is C22H23N5O. The predicted molar refractivity (Wildman–Crippen MR) is 110 cm³/mol. The first-order chi connectivity index (χ1) is 13.6. The van der Waals surface area contributed by atoms with Crippen LogP contribution in [0, 0.1) is 13.8 Å². The van der Waals surface area contributed by atoms with Gasteiger partial charge in [-0.25, -0.2) is 0 Å². The second-order valence-corrected chi connectivity index (χ2v) is 7.01. The van der Waals surface area contributed by atoms with Crippen LogP contribution in [0.4, 0.5) is 5.69 Å². The molecule has 6 heteroatoms. The Labute approximate surface area is 163 Å². The topological polar surface area (TPSA) is 64.7 Å². The predicted octanol–water partition coefficient (Wildman–Crippen LogP) is 3.93. The van der Waals surface area contributed by atoms with E-state index >= 15 is 0 Å². The number of benzene rings is 2. The average molecular weight is 373 g/mol. The summed E-state index contributed by atoms with van der Waals surface area (Å²) in [6, 6.07) is 16.6. The quantitative estimate of drug-likeness (QED) is 0.557. The molecule has 1 amide bonds. The largest absolute Gasteiger partial charge is 0.323 e. The number of hydrogen-bond acceptors (Lipinski definition) is 3. The Morgan fingerprint density at radius 2 is 1.93 bits per heavy atom. The van der Waals surface area contributed by atoms with E-state index in [1.54, 1.807) is 6.20 Å². The van der Waals surface area contributed by atoms with E-state index < -0.39 is 0 Å². The van der Waals surface area contributed by atoms with Crippen molar-refractivity contribution in [2.75, 3.05) is 5.32 Å². The molecule has 0 atom stereocenters. The number of nitrogens with one attached hydrogen (secondary N) is 1. The molecule has 0 aliphatic heterocycles. The molecule has 28 heavy (non-hydrogen) atoms. The number of rotatable bonds is 6. The van der Waals surface area contributed by atoms with Crippen molar-refractivity contribution in [2.24, 2.45) is 0 Å². The maximum absolute atomic E-state index is 12.3. The fourth-order valence-corrected chi connectivity index (χ4v) is 3.45. The van der Waals surface area contributed by atoms with Crippen molar-refractivity contribution in [1.29, 1.82) is 0 Å². The standard InChI is InChI=1S/C22H23N5O/c1-16-12-17(2)27(25-16)11-10-22(28)24-20-13-23-26(15-20)14-19-8-5-7-18-6-3-4-9-21(18)19/h3-9,12-13,15H,10-11,14H2,1-2H3,(H,24,28). The number of hydrogen-bond donors (Lipinski definition) is 1. The van der Waals surface area contributed by atoms with E-state index in [9.17, 15) is 4.79 Å². The van der Waals surface area contributed by atoms with Gasteiger partial charge in [0.05, 0.1) is 24.1 Å². The van der Waals surface area contributed by atoms with Crippen molar-refractivity contribution in [3.63, 3.8) is 0 Å². The van der Waals surface area contributed by atoms with Gasteiger partial charge in [-0.1, -0.05) is 42.5 Å². The highest BCUT2D eigenvalue weighted by Gasteiger charge is 2.08. The lowest BCUT2D eigenvalue weighted by Gasteiger charge is -2.07. The second-order valence-electron chi connectivity index (χ2n) is 7.01. The number of amides is 1. The molecule has 0 radical (unpaired) electrons. The van der Waals surface area contributed by atoms with Gasteiger partial charge in [0.1, 0.15) is 0 Å². The van der Waals surface area contributed by atoms with Gasteiger partial charge >= 0.3 is 0 Å². The van der Waals surface area contributed by atoms with Gasteiger partial charge < -0.3 is 5.32 Å². The van der Waals surface area contributed by atoms with Gasteiger partial charge in [-0.2, -0.15) is 10.2 Å². The van der Waals surface area contributed by atoms with Crippen LogP contribution in [-0.4, -0.2) is 25.5 Å². The van der Waals surface area contributed by atoms with Crippen LogP contribution < -0.4 is 5.32 Å². The fraction of sp³-hybridized carbons (Fsp3) is 0.227. The number of nitrogens with zero attached hydrogens (tertiary/aromatic N) is 4. The van der Waals surface area contributed by atoms with Gasteiger partial charge in [-0.05, 0) is 36.2 Å². The van der Waals surface area contributed by atoms with Crippen LogP contribution in [0.3, 0.4) is 0 Å². The molecule has 2 heterocycles. The molecule has 0 unspecified atom stereocenters. The monoisotopic (exact) mass is 373 g/mol. The van der Waals surface area contributed by atoms with Gasteiger partial charge in [0.15, 0.2) is 0 Å². The molecule has 1 N–H and O–H groups in total. The Hall–Kier alpha value is -3.41.